The summed E-state index contributed by atoms with van der Waals surface area (Å²) < 4.78 is 0. The van der Waals surface area contributed by atoms with Crippen LogP contribution in [0.2, 0.25) is 0 Å². The average molecular weight is 178 g/mol. The molecule has 2 atom stereocenters. The fraction of sp³-hybridized carbons (Fsp3) is 0.909. The third-order valence-corrected chi connectivity index (χ3v) is 3.55. The molecule has 2 nitrogen and oxygen atoms in total. The van der Waals surface area contributed by atoms with Crippen LogP contribution in [0.4, 0.5) is 0 Å². The van der Waals surface area contributed by atoms with Gasteiger partial charge in [0.05, 0.1) is 6.07 Å². The van der Waals surface area contributed by atoms with Gasteiger partial charge in [-0.25, -0.2) is 0 Å². The van der Waals surface area contributed by atoms with E-state index in [-0.39, 0.29) is 0 Å². The molecule has 2 unspecified atom stereocenters. The van der Waals surface area contributed by atoms with Gasteiger partial charge < -0.3 is 0 Å². The first-order valence-electron chi connectivity index (χ1n) is 5.54. The van der Waals surface area contributed by atoms with Gasteiger partial charge in [-0.1, -0.05) is 6.42 Å². The van der Waals surface area contributed by atoms with E-state index in [0.29, 0.717) is 0 Å². The van der Waals surface area contributed by atoms with E-state index < -0.39 is 0 Å². The SMILES string of the molecule is N#CCCCN1C2CCCC1CC2. The van der Waals surface area contributed by atoms with Gasteiger partial charge in [0.2, 0.25) is 0 Å². The van der Waals surface area contributed by atoms with E-state index >= 15 is 0 Å². The van der Waals surface area contributed by atoms with Crippen LogP contribution in [-0.4, -0.2) is 23.5 Å². The summed E-state index contributed by atoms with van der Waals surface area (Å²) in [7, 11) is 0. The Morgan fingerprint density at radius 1 is 1.15 bits per heavy atom. The zero-order valence-electron chi connectivity index (χ0n) is 8.21. The number of rotatable bonds is 3. The second-order valence-corrected chi connectivity index (χ2v) is 4.32. The van der Waals surface area contributed by atoms with Crippen LogP contribution in [0.3, 0.4) is 0 Å². The summed E-state index contributed by atoms with van der Waals surface area (Å²) in [5.41, 5.74) is 0. The summed E-state index contributed by atoms with van der Waals surface area (Å²) in [6.45, 7) is 1.17. The molecule has 0 N–H and O–H groups in total. The molecule has 0 aliphatic carbocycles. The van der Waals surface area contributed by atoms with Crippen molar-refractivity contribution in [3.63, 3.8) is 0 Å². The van der Waals surface area contributed by atoms with Crippen LogP contribution in [0.15, 0.2) is 0 Å². The van der Waals surface area contributed by atoms with Gasteiger partial charge in [0.15, 0.2) is 0 Å². The van der Waals surface area contributed by atoms with E-state index in [1.807, 2.05) is 0 Å². The van der Waals surface area contributed by atoms with Gasteiger partial charge in [0, 0.05) is 18.5 Å². The first-order valence-corrected chi connectivity index (χ1v) is 5.54. The molecular weight excluding hydrogens is 160 g/mol. The minimum atomic E-state index is 0.732. The fourth-order valence-electron chi connectivity index (χ4n) is 2.93. The van der Waals surface area contributed by atoms with Crippen molar-refractivity contribution in [3.8, 4) is 6.07 Å². The minimum Gasteiger partial charge on any atom is -0.297 e. The van der Waals surface area contributed by atoms with Gasteiger partial charge in [0.25, 0.3) is 0 Å². The smallest absolute Gasteiger partial charge is 0.0622 e. The first-order chi connectivity index (χ1) is 6.42. The lowest BCUT2D eigenvalue weighted by atomic mass is 10.0. The van der Waals surface area contributed by atoms with Crippen LogP contribution in [-0.2, 0) is 0 Å². The number of fused-ring (bicyclic) bond motifs is 2. The maximum absolute atomic E-state index is 8.47. The molecule has 2 heteroatoms. The van der Waals surface area contributed by atoms with Gasteiger partial charge in [-0.2, -0.15) is 5.26 Å². The Morgan fingerprint density at radius 2 is 1.85 bits per heavy atom. The van der Waals surface area contributed by atoms with Crippen LogP contribution in [0.5, 0.6) is 0 Å². The van der Waals surface area contributed by atoms with Crippen LogP contribution in [0.25, 0.3) is 0 Å². The lowest BCUT2D eigenvalue weighted by molar-refractivity contribution is 0.139. The number of unbranched alkanes of at least 4 members (excludes halogenated alkanes) is 1. The maximum Gasteiger partial charge on any atom is 0.0622 e. The second-order valence-electron chi connectivity index (χ2n) is 4.32. The van der Waals surface area contributed by atoms with Crippen molar-refractivity contribution in [2.24, 2.45) is 0 Å². The summed E-state index contributed by atoms with van der Waals surface area (Å²) >= 11 is 0. The lowest BCUT2D eigenvalue weighted by Crippen LogP contribution is -2.40. The molecule has 2 aliphatic heterocycles. The largest absolute Gasteiger partial charge is 0.297 e. The van der Waals surface area contributed by atoms with Crippen molar-refractivity contribution in [2.75, 3.05) is 6.54 Å². The molecule has 2 aliphatic rings. The summed E-state index contributed by atoms with van der Waals surface area (Å²) in [5, 5.41) is 8.47. The Morgan fingerprint density at radius 3 is 2.46 bits per heavy atom. The topological polar surface area (TPSA) is 27.0 Å². The number of nitrogens with zero attached hydrogens (tertiary/aromatic N) is 2. The van der Waals surface area contributed by atoms with E-state index in [1.54, 1.807) is 0 Å². The maximum atomic E-state index is 8.47. The van der Waals surface area contributed by atoms with E-state index in [9.17, 15) is 0 Å². The normalized spacial score (nSPS) is 33.2. The van der Waals surface area contributed by atoms with E-state index in [1.165, 1.54) is 38.6 Å². The molecule has 2 fully saturated rings. The highest BCUT2D eigenvalue weighted by Gasteiger charge is 2.35. The van der Waals surface area contributed by atoms with Crippen LogP contribution in [0.1, 0.15) is 44.9 Å². The third kappa shape index (κ3) is 1.86. The van der Waals surface area contributed by atoms with Crippen LogP contribution >= 0.6 is 0 Å². The van der Waals surface area contributed by atoms with Gasteiger partial charge in [0.1, 0.15) is 0 Å². The monoisotopic (exact) mass is 178 g/mol. The molecule has 2 heterocycles. The minimum absolute atomic E-state index is 0.732. The van der Waals surface area contributed by atoms with Crippen molar-refractivity contribution in [1.82, 2.24) is 4.90 Å². The van der Waals surface area contributed by atoms with E-state index in [4.69, 9.17) is 5.26 Å². The van der Waals surface area contributed by atoms with E-state index in [2.05, 4.69) is 11.0 Å². The van der Waals surface area contributed by atoms with Gasteiger partial charge in [-0.05, 0) is 38.6 Å². The molecule has 0 radical (unpaired) electrons. The molecule has 0 aromatic rings. The highest BCUT2D eigenvalue weighted by molar-refractivity contribution is 4.91. The number of hydrogen-bond acceptors (Lipinski definition) is 2. The molecule has 2 bridgehead atoms. The molecular formula is C11H18N2. The molecule has 0 spiro atoms. The average Bonchev–Trinajstić information content (AvgIpc) is 2.38. The highest BCUT2D eigenvalue weighted by atomic mass is 15.2. The summed E-state index contributed by atoms with van der Waals surface area (Å²) in [4.78, 5) is 2.67. The van der Waals surface area contributed by atoms with E-state index in [0.717, 1.165) is 24.9 Å². The standard InChI is InChI=1S/C11H18N2/c12-8-1-2-9-13-10-4-3-5-11(13)7-6-10/h10-11H,1-7,9H2. The van der Waals surface area contributed by atoms with Crippen molar-refractivity contribution in [1.29, 1.82) is 5.26 Å². The number of piperidine rings is 1. The lowest BCUT2D eigenvalue weighted by Gasteiger charge is -2.34. The van der Waals surface area contributed by atoms with Crippen molar-refractivity contribution in [3.05, 3.63) is 0 Å². The fourth-order valence-corrected chi connectivity index (χ4v) is 2.93. The predicted octanol–water partition coefficient (Wildman–Crippen LogP) is 2.31. The summed E-state index contributed by atoms with van der Waals surface area (Å²) in [6.07, 6.45) is 8.88. The highest BCUT2D eigenvalue weighted by Crippen LogP contribution is 2.35. The van der Waals surface area contributed by atoms with Crippen LogP contribution in [0, 0.1) is 11.3 Å². The zero-order chi connectivity index (χ0) is 9.10. The molecule has 0 saturated carbocycles. The zero-order valence-corrected chi connectivity index (χ0v) is 8.21. The molecule has 13 heavy (non-hydrogen) atoms. The Labute approximate surface area is 80.5 Å². The number of nitriles is 1. The number of hydrogen-bond donors (Lipinski definition) is 0. The quantitative estimate of drug-likeness (QED) is 0.620. The summed E-state index contributed by atoms with van der Waals surface area (Å²) in [5.74, 6) is 0. The molecule has 2 saturated heterocycles. The molecule has 0 aromatic carbocycles. The Balaban J connectivity index is 1.82. The van der Waals surface area contributed by atoms with Crippen molar-refractivity contribution in [2.45, 2.75) is 57.0 Å². The molecule has 0 aromatic heterocycles. The third-order valence-electron chi connectivity index (χ3n) is 3.55. The van der Waals surface area contributed by atoms with Crippen LogP contribution < -0.4 is 0 Å². The van der Waals surface area contributed by atoms with Gasteiger partial charge in [-0.3, -0.25) is 4.90 Å². The molecule has 0 amide bonds. The van der Waals surface area contributed by atoms with Gasteiger partial charge in [-0.15, -0.1) is 0 Å². The predicted molar refractivity (Wildman–Crippen MR) is 52.2 cm³/mol. The molecule has 2 rings (SSSR count). The van der Waals surface area contributed by atoms with Gasteiger partial charge >= 0.3 is 0 Å². The summed E-state index contributed by atoms with van der Waals surface area (Å²) in [6, 6.07) is 3.98. The second kappa shape index (κ2) is 4.11. The van der Waals surface area contributed by atoms with Crippen molar-refractivity contribution >= 4 is 0 Å². The Hall–Kier alpha value is -0.550. The first kappa shape index (κ1) is 9.02. The van der Waals surface area contributed by atoms with Crippen molar-refractivity contribution < 1.29 is 0 Å². The molecule has 72 valence electrons. The Kier molecular flexibility index (Phi) is 2.85. The Bertz CT molecular complexity index is 191.